The SMILES string of the molecule is Nc1nc(F)nc2c1ncn2[C@@H]1C=C(CO)[C@@H](O)[C@H]1O. The topological polar surface area (TPSA) is 130 Å². The Balaban J connectivity index is 2.14. The number of nitrogens with zero attached hydrogens (tertiary/aromatic N) is 4. The molecule has 0 fully saturated rings. The van der Waals surface area contributed by atoms with Gasteiger partial charge in [-0.1, -0.05) is 6.08 Å². The second kappa shape index (κ2) is 4.47. The molecule has 2 aromatic heterocycles. The fourth-order valence-electron chi connectivity index (χ4n) is 2.34. The van der Waals surface area contributed by atoms with E-state index < -0.39 is 24.3 Å². The van der Waals surface area contributed by atoms with Crippen molar-refractivity contribution in [2.45, 2.75) is 18.2 Å². The lowest BCUT2D eigenvalue weighted by Crippen LogP contribution is -2.30. The zero-order chi connectivity index (χ0) is 14.4. The van der Waals surface area contributed by atoms with Crippen LogP contribution in [-0.2, 0) is 0 Å². The highest BCUT2D eigenvalue weighted by Gasteiger charge is 2.36. The molecule has 0 aromatic carbocycles. The predicted molar refractivity (Wildman–Crippen MR) is 65.9 cm³/mol. The van der Waals surface area contributed by atoms with E-state index >= 15 is 0 Å². The van der Waals surface area contributed by atoms with Gasteiger partial charge in [-0.05, 0) is 5.57 Å². The maximum Gasteiger partial charge on any atom is 0.312 e. The van der Waals surface area contributed by atoms with E-state index in [-0.39, 0.29) is 29.2 Å². The molecule has 0 aliphatic heterocycles. The maximum atomic E-state index is 13.2. The molecule has 5 N–H and O–H groups in total. The Bertz CT molecular complexity index is 701. The number of rotatable bonds is 2. The van der Waals surface area contributed by atoms with Crippen molar-refractivity contribution >= 4 is 17.0 Å². The van der Waals surface area contributed by atoms with Gasteiger partial charge in [-0.15, -0.1) is 0 Å². The van der Waals surface area contributed by atoms with Gasteiger partial charge >= 0.3 is 6.08 Å². The van der Waals surface area contributed by atoms with Gasteiger partial charge in [0.1, 0.15) is 17.7 Å². The number of aromatic nitrogens is 4. The van der Waals surface area contributed by atoms with Gasteiger partial charge in [0.15, 0.2) is 11.5 Å². The van der Waals surface area contributed by atoms with E-state index in [4.69, 9.17) is 10.8 Å². The van der Waals surface area contributed by atoms with E-state index in [1.807, 2.05) is 0 Å². The largest absolute Gasteiger partial charge is 0.392 e. The molecule has 3 atom stereocenters. The summed E-state index contributed by atoms with van der Waals surface area (Å²) in [5, 5.41) is 28.9. The molecule has 8 nitrogen and oxygen atoms in total. The summed E-state index contributed by atoms with van der Waals surface area (Å²) in [5.74, 6) is -0.106. The van der Waals surface area contributed by atoms with Gasteiger partial charge in [0.2, 0.25) is 0 Å². The van der Waals surface area contributed by atoms with Crippen molar-refractivity contribution in [2.24, 2.45) is 0 Å². The summed E-state index contributed by atoms with van der Waals surface area (Å²) in [4.78, 5) is 10.9. The average molecular weight is 281 g/mol. The van der Waals surface area contributed by atoms with Crippen molar-refractivity contribution in [3.63, 3.8) is 0 Å². The van der Waals surface area contributed by atoms with Crippen molar-refractivity contribution in [3.05, 3.63) is 24.1 Å². The third-order valence-corrected chi connectivity index (χ3v) is 3.36. The standard InChI is InChI=1S/C11H12FN5O3/c12-11-15-9(13)6-10(16-11)17(3-14-6)5-1-4(2-18)7(19)8(5)20/h1,3,5,7-8,18-20H,2H2,(H2,13,15,16)/t5-,7-,8+/m1/s1. The Labute approximate surface area is 112 Å². The average Bonchev–Trinajstić information content (AvgIpc) is 2.93. The molecule has 2 heterocycles. The molecule has 2 aromatic rings. The van der Waals surface area contributed by atoms with Crippen molar-refractivity contribution in [2.75, 3.05) is 12.3 Å². The molecule has 0 saturated heterocycles. The van der Waals surface area contributed by atoms with Gasteiger partial charge in [0.25, 0.3) is 0 Å². The lowest BCUT2D eigenvalue weighted by molar-refractivity contribution is 0.0287. The zero-order valence-electron chi connectivity index (χ0n) is 10.2. The quantitative estimate of drug-likeness (QED) is 0.399. The first-order valence-electron chi connectivity index (χ1n) is 5.86. The van der Waals surface area contributed by atoms with Gasteiger partial charge in [-0.25, -0.2) is 4.98 Å². The van der Waals surface area contributed by atoms with Crippen LogP contribution in [0.3, 0.4) is 0 Å². The van der Waals surface area contributed by atoms with Gasteiger partial charge in [0.05, 0.1) is 19.0 Å². The molecular formula is C11H12FN5O3. The number of fused-ring (bicyclic) bond motifs is 1. The number of anilines is 1. The summed E-state index contributed by atoms with van der Waals surface area (Å²) in [6, 6.07) is -0.717. The van der Waals surface area contributed by atoms with Crippen molar-refractivity contribution in [3.8, 4) is 0 Å². The van der Waals surface area contributed by atoms with Crippen LogP contribution in [0.4, 0.5) is 10.2 Å². The molecule has 0 saturated carbocycles. The first-order valence-corrected chi connectivity index (χ1v) is 5.86. The molecule has 106 valence electrons. The minimum Gasteiger partial charge on any atom is -0.392 e. The van der Waals surface area contributed by atoms with E-state index in [1.165, 1.54) is 17.0 Å². The second-order valence-electron chi connectivity index (χ2n) is 4.53. The van der Waals surface area contributed by atoms with Crippen LogP contribution in [0.15, 0.2) is 18.0 Å². The van der Waals surface area contributed by atoms with Gasteiger partial charge in [-0.2, -0.15) is 14.4 Å². The first-order chi connectivity index (χ1) is 9.52. The molecule has 9 heteroatoms. The highest BCUT2D eigenvalue weighted by Crippen LogP contribution is 2.31. The molecule has 0 spiro atoms. The van der Waals surface area contributed by atoms with Crippen LogP contribution < -0.4 is 5.73 Å². The van der Waals surface area contributed by atoms with Crippen molar-refractivity contribution in [1.29, 1.82) is 0 Å². The fraction of sp³-hybridized carbons (Fsp3) is 0.364. The third-order valence-electron chi connectivity index (χ3n) is 3.36. The van der Waals surface area contributed by atoms with Crippen LogP contribution in [0.5, 0.6) is 0 Å². The summed E-state index contributed by atoms with van der Waals surface area (Å²) in [6.45, 7) is -0.382. The van der Waals surface area contributed by atoms with Crippen LogP contribution in [-0.4, -0.2) is 53.7 Å². The Morgan fingerprint density at radius 2 is 2.10 bits per heavy atom. The minimum atomic E-state index is -1.19. The Hall–Kier alpha value is -2.10. The number of halogens is 1. The van der Waals surface area contributed by atoms with Crippen LogP contribution in [0, 0.1) is 6.08 Å². The summed E-state index contributed by atoms with van der Waals surface area (Å²) >= 11 is 0. The van der Waals surface area contributed by atoms with Crippen LogP contribution >= 0.6 is 0 Å². The smallest absolute Gasteiger partial charge is 0.312 e. The highest BCUT2D eigenvalue weighted by atomic mass is 19.1. The molecule has 0 bridgehead atoms. The molecule has 1 aliphatic carbocycles. The number of hydrogen-bond acceptors (Lipinski definition) is 7. The van der Waals surface area contributed by atoms with E-state index in [1.54, 1.807) is 0 Å². The van der Waals surface area contributed by atoms with Crippen LogP contribution in [0.2, 0.25) is 0 Å². The number of imidazole rings is 1. The molecule has 20 heavy (non-hydrogen) atoms. The van der Waals surface area contributed by atoms with E-state index in [0.717, 1.165) is 0 Å². The first kappa shape index (κ1) is 12.9. The number of aliphatic hydroxyl groups excluding tert-OH is 3. The summed E-state index contributed by atoms with van der Waals surface area (Å²) in [5.41, 5.74) is 6.15. The summed E-state index contributed by atoms with van der Waals surface area (Å²) < 4.78 is 14.6. The molecule has 0 unspecified atom stereocenters. The molecule has 3 rings (SSSR count). The number of nitrogens with two attached hydrogens (primary N) is 1. The number of nitrogen functional groups attached to an aromatic ring is 1. The molecule has 0 amide bonds. The summed E-state index contributed by atoms with van der Waals surface area (Å²) in [6.07, 6.45) is -0.560. The van der Waals surface area contributed by atoms with Gasteiger partial charge < -0.3 is 25.6 Å². The van der Waals surface area contributed by atoms with Gasteiger partial charge in [0, 0.05) is 0 Å². The van der Waals surface area contributed by atoms with Crippen LogP contribution in [0.1, 0.15) is 6.04 Å². The van der Waals surface area contributed by atoms with E-state index in [0.29, 0.717) is 0 Å². The maximum absolute atomic E-state index is 13.2. The molecular weight excluding hydrogens is 269 g/mol. The predicted octanol–water partition coefficient (Wildman–Crippen LogP) is -1.26. The monoisotopic (exact) mass is 281 g/mol. The minimum absolute atomic E-state index is 0.106. The third kappa shape index (κ3) is 1.75. The Kier molecular flexibility index (Phi) is 2.89. The lowest BCUT2D eigenvalue weighted by Gasteiger charge is -2.18. The van der Waals surface area contributed by atoms with Gasteiger partial charge in [-0.3, -0.25) is 0 Å². The number of aliphatic hydroxyl groups is 3. The second-order valence-corrected chi connectivity index (χ2v) is 4.53. The highest BCUT2D eigenvalue weighted by molar-refractivity contribution is 5.81. The lowest BCUT2D eigenvalue weighted by atomic mass is 10.1. The fourth-order valence-corrected chi connectivity index (χ4v) is 2.34. The summed E-state index contributed by atoms with van der Waals surface area (Å²) in [7, 11) is 0. The molecule has 0 radical (unpaired) electrons. The Morgan fingerprint density at radius 1 is 1.35 bits per heavy atom. The van der Waals surface area contributed by atoms with E-state index in [9.17, 15) is 14.6 Å². The normalized spacial score (nSPS) is 26.2. The zero-order valence-corrected chi connectivity index (χ0v) is 10.2. The van der Waals surface area contributed by atoms with Crippen molar-refractivity contribution < 1.29 is 19.7 Å². The van der Waals surface area contributed by atoms with Crippen molar-refractivity contribution in [1.82, 2.24) is 19.5 Å². The Morgan fingerprint density at radius 3 is 2.75 bits per heavy atom. The number of hydrogen-bond donors (Lipinski definition) is 4. The van der Waals surface area contributed by atoms with E-state index in [2.05, 4.69) is 15.0 Å². The molecule has 1 aliphatic rings. The van der Waals surface area contributed by atoms with Crippen LogP contribution in [0.25, 0.3) is 11.2 Å².